The van der Waals surface area contributed by atoms with Gasteiger partial charge in [0.25, 0.3) is 5.89 Å². The highest BCUT2D eigenvalue weighted by Gasteiger charge is 2.16. The molecule has 3 aromatic carbocycles. The topological polar surface area (TPSA) is 86.0 Å². The molecule has 0 bridgehead atoms. The van der Waals surface area contributed by atoms with E-state index in [9.17, 15) is 0 Å². The molecule has 1 N–H and O–H groups in total. The zero-order chi connectivity index (χ0) is 21.9. The molecule has 0 aliphatic heterocycles. The van der Waals surface area contributed by atoms with E-state index in [4.69, 9.17) is 20.8 Å². The quantitative estimate of drug-likeness (QED) is 0.364. The molecule has 0 atom stereocenters. The van der Waals surface area contributed by atoms with Gasteiger partial charge >= 0.3 is 0 Å². The molecule has 0 amide bonds. The van der Waals surface area contributed by atoms with Crippen molar-refractivity contribution in [2.45, 2.75) is 6.54 Å². The highest BCUT2D eigenvalue weighted by Crippen LogP contribution is 2.28. The van der Waals surface area contributed by atoms with Crippen molar-refractivity contribution in [3.63, 3.8) is 0 Å². The summed E-state index contributed by atoms with van der Waals surface area (Å²) in [6.07, 6.45) is 0. The number of methoxy groups -OCH3 is 1. The number of hydrogen-bond acceptors (Lipinski definition) is 7. The van der Waals surface area contributed by atoms with Crippen LogP contribution in [0.15, 0.2) is 77.2 Å². The zero-order valence-electron chi connectivity index (χ0n) is 17.1. The van der Waals surface area contributed by atoms with Gasteiger partial charge in [0.1, 0.15) is 11.6 Å². The third-order valence-corrected chi connectivity index (χ3v) is 5.33. The first-order valence-corrected chi connectivity index (χ1v) is 10.3. The molecule has 0 aliphatic carbocycles. The van der Waals surface area contributed by atoms with Crippen LogP contribution in [0.3, 0.4) is 0 Å². The first-order chi connectivity index (χ1) is 15.7. The largest absolute Gasteiger partial charge is 0.497 e. The van der Waals surface area contributed by atoms with Gasteiger partial charge < -0.3 is 14.5 Å². The van der Waals surface area contributed by atoms with Crippen LogP contribution in [0.2, 0.25) is 5.02 Å². The average Bonchev–Trinajstić information content (AvgIpc) is 3.34. The Labute approximate surface area is 189 Å². The molecule has 158 valence electrons. The fraction of sp³-hybridized carbons (Fsp3) is 0.0833. The van der Waals surface area contributed by atoms with Crippen molar-refractivity contribution in [3.8, 4) is 28.9 Å². The number of aromatic nitrogens is 4. The Kier molecular flexibility index (Phi) is 5.39. The summed E-state index contributed by atoms with van der Waals surface area (Å²) in [5, 5.41) is 13.3. The number of hydrogen-bond donors (Lipinski definition) is 1. The van der Waals surface area contributed by atoms with Crippen LogP contribution in [-0.2, 0) is 6.54 Å². The van der Waals surface area contributed by atoms with Crippen molar-refractivity contribution in [1.29, 1.82) is 0 Å². The summed E-state index contributed by atoms with van der Waals surface area (Å²) >= 11 is 6.30. The Morgan fingerprint density at radius 2 is 1.62 bits per heavy atom. The van der Waals surface area contributed by atoms with Crippen LogP contribution in [0.25, 0.3) is 34.1 Å². The van der Waals surface area contributed by atoms with Gasteiger partial charge in [0, 0.05) is 22.5 Å². The second-order valence-corrected chi connectivity index (χ2v) is 7.41. The molecule has 2 aromatic heterocycles. The molecular formula is C24H18ClN5O2. The lowest BCUT2D eigenvalue weighted by Gasteiger charge is -2.10. The summed E-state index contributed by atoms with van der Waals surface area (Å²) < 4.78 is 11.1. The van der Waals surface area contributed by atoms with Crippen molar-refractivity contribution in [2.24, 2.45) is 0 Å². The maximum atomic E-state index is 6.30. The minimum Gasteiger partial charge on any atom is -0.497 e. The van der Waals surface area contributed by atoms with E-state index in [0.717, 1.165) is 27.8 Å². The van der Waals surface area contributed by atoms with Gasteiger partial charge in [-0.05, 0) is 48.0 Å². The minimum atomic E-state index is 0.238. The van der Waals surface area contributed by atoms with Gasteiger partial charge in [-0.2, -0.15) is 0 Å². The fourth-order valence-corrected chi connectivity index (χ4v) is 3.49. The first kappa shape index (κ1) is 20.0. The smallest absolute Gasteiger partial charge is 0.286 e. The van der Waals surface area contributed by atoms with Crippen LogP contribution < -0.4 is 10.1 Å². The number of para-hydroxylation sites is 1. The third-order valence-electron chi connectivity index (χ3n) is 4.96. The van der Waals surface area contributed by atoms with Crippen LogP contribution >= 0.6 is 11.6 Å². The Balaban J connectivity index is 1.49. The standard InChI is InChI=1S/C24H18ClN5O2/c1-31-17-12-10-15(11-13-17)23-29-30-24(32-23)22-27-20-9-5-3-7-18(20)21(28-22)26-14-16-6-2-4-8-19(16)25/h2-13H,14H2,1H3,(H,26,27,28). The predicted molar refractivity (Wildman–Crippen MR) is 124 cm³/mol. The molecule has 0 aliphatic rings. The molecule has 0 unspecified atom stereocenters. The number of nitrogens with zero attached hydrogens (tertiary/aromatic N) is 4. The number of fused-ring (bicyclic) bond motifs is 1. The van der Waals surface area contributed by atoms with Crippen LogP contribution in [0.5, 0.6) is 5.75 Å². The monoisotopic (exact) mass is 443 g/mol. The van der Waals surface area contributed by atoms with E-state index in [1.165, 1.54) is 0 Å². The van der Waals surface area contributed by atoms with Crippen LogP contribution in [0.1, 0.15) is 5.56 Å². The molecule has 32 heavy (non-hydrogen) atoms. The number of anilines is 1. The number of halogens is 1. The van der Waals surface area contributed by atoms with Gasteiger partial charge in [-0.1, -0.05) is 41.9 Å². The van der Waals surface area contributed by atoms with Gasteiger partial charge in [0.15, 0.2) is 0 Å². The van der Waals surface area contributed by atoms with Crippen molar-refractivity contribution >= 4 is 28.3 Å². The second-order valence-electron chi connectivity index (χ2n) is 7.00. The minimum absolute atomic E-state index is 0.238. The molecule has 0 saturated heterocycles. The normalized spacial score (nSPS) is 10.9. The fourth-order valence-electron chi connectivity index (χ4n) is 3.29. The maximum absolute atomic E-state index is 6.30. The molecule has 0 radical (unpaired) electrons. The van der Waals surface area contributed by atoms with E-state index in [1.54, 1.807) is 7.11 Å². The van der Waals surface area contributed by atoms with Crippen molar-refractivity contribution in [1.82, 2.24) is 20.2 Å². The van der Waals surface area contributed by atoms with E-state index in [0.29, 0.717) is 29.1 Å². The zero-order valence-corrected chi connectivity index (χ0v) is 17.9. The lowest BCUT2D eigenvalue weighted by atomic mass is 10.2. The summed E-state index contributed by atoms with van der Waals surface area (Å²) in [5.74, 6) is 2.38. The molecule has 2 heterocycles. The third kappa shape index (κ3) is 3.98. The van der Waals surface area contributed by atoms with Gasteiger partial charge in [-0.25, -0.2) is 9.97 Å². The maximum Gasteiger partial charge on any atom is 0.286 e. The van der Waals surface area contributed by atoms with E-state index in [2.05, 4.69) is 25.5 Å². The van der Waals surface area contributed by atoms with Gasteiger partial charge in [0.05, 0.1) is 12.6 Å². The van der Waals surface area contributed by atoms with Crippen molar-refractivity contribution in [3.05, 3.63) is 83.4 Å². The Morgan fingerprint density at radius 3 is 2.44 bits per heavy atom. The van der Waals surface area contributed by atoms with Crippen LogP contribution in [0, 0.1) is 0 Å². The van der Waals surface area contributed by atoms with Crippen LogP contribution in [0.4, 0.5) is 5.82 Å². The Hall–Kier alpha value is -3.97. The van der Waals surface area contributed by atoms with Crippen LogP contribution in [-0.4, -0.2) is 27.3 Å². The molecule has 0 saturated carbocycles. The lowest BCUT2D eigenvalue weighted by molar-refractivity contribution is 0.415. The van der Waals surface area contributed by atoms with Gasteiger partial charge in [-0.3, -0.25) is 0 Å². The predicted octanol–water partition coefficient (Wildman–Crippen LogP) is 5.62. The van der Waals surface area contributed by atoms with E-state index in [1.807, 2.05) is 72.8 Å². The van der Waals surface area contributed by atoms with E-state index in [-0.39, 0.29) is 5.89 Å². The van der Waals surface area contributed by atoms with Gasteiger partial charge in [0.2, 0.25) is 11.7 Å². The number of ether oxygens (including phenoxy) is 1. The SMILES string of the molecule is COc1ccc(-c2nnc(-c3nc(NCc4ccccc4Cl)c4ccccc4n3)o2)cc1. The summed E-state index contributed by atoms with van der Waals surface area (Å²) in [6.45, 7) is 0.515. The molecule has 0 spiro atoms. The average molecular weight is 444 g/mol. The highest BCUT2D eigenvalue weighted by molar-refractivity contribution is 6.31. The summed E-state index contributed by atoms with van der Waals surface area (Å²) in [6, 6.07) is 22.8. The van der Waals surface area contributed by atoms with Crippen molar-refractivity contribution < 1.29 is 9.15 Å². The molecular weight excluding hydrogens is 426 g/mol. The number of benzene rings is 3. The summed E-state index contributed by atoms with van der Waals surface area (Å²) in [4.78, 5) is 9.29. The lowest BCUT2D eigenvalue weighted by Crippen LogP contribution is -2.04. The number of nitrogens with one attached hydrogen (secondary N) is 1. The number of rotatable bonds is 6. The first-order valence-electron chi connectivity index (χ1n) is 9.93. The summed E-state index contributed by atoms with van der Waals surface area (Å²) in [7, 11) is 1.62. The second kappa shape index (κ2) is 8.64. The molecule has 5 rings (SSSR count). The Morgan fingerprint density at radius 1 is 0.875 bits per heavy atom. The molecule has 8 heteroatoms. The van der Waals surface area contributed by atoms with Crippen molar-refractivity contribution in [2.75, 3.05) is 12.4 Å². The molecule has 5 aromatic rings. The highest BCUT2D eigenvalue weighted by atomic mass is 35.5. The molecule has 7 nitrogen and oxygen atoms in total. The summed E-state index contributed by atoms with van der Waals surface area (Å²) in [5.41, 5.74) is 2.52. The van der Waals surface area contributed by atoms with E-state index < -0.39 is 0 Å². The Bertz CT molecular complexity index is 1390. The molecule has 0 fully saturated rings. The van der Waals surface area contributed by atoms with E-state index >= 15 is 0 Å². The van der Waals surface area contributed by atoms with Gasteiger partial charge in [-0.15, -0.1) is 10.2 Å².